The molecular weight excluding hydrogens is 207 g/mol. The molecule has 0 bridgehead atoms. The van der Waals surface area contributed by atoms with Crippen LogP contribution >= 0.6 is 12.6 Å². The summed E-state index contributed by atoms with van der Waals surface area (Å²) < 4.78 is 4.88. The third-order valence-electron chi connectivity index (χ3n) is 1.87. The van der Waals surface area contributed by atoms with E-state index in [4.69, 9.17) is 14.9 Å². The fraction of sp³-hybridized carbons (Fsp3) is 1.00. The molecule has 5 nitrogen and oxygen atoms in total. The maximum Gasteiger partial charge on any atom is 0.129 e. The number of aliphatic hydroxyl groups excluding tert-OH is 4. The van der Waals surface area contributed by atoms with Crippen LogP contribution in [0.3, 0.4) is 0 Å². The first-order valence-corrected chi connectivity index (χ1v) is 4.08. The Labute approximate surface area is 103 Å². The number of rotatable bonds is 1. The molecule has 0 saturated carbocycles. The maximum atomic E-state index is 9.20. The van der Waals surface area contributed by atoms with E-state index in [0.29, 0.717) is 0 Å². The molecule has 0 spiro atoms. The second kappa shape index (κ2) is 5.89. The van der Waals surface area contributed by atoms with Crippen LogP contribution in [0.15, 0.2) is 0 Å². The Balaban J connectivity index is 0.00000144. The molecule has 4 N–H and O–H groups in total. The molecule has 0 aromatic rings. The van der Waals surface area contributed by atoms with Crippen LogP contribution in [0.5, 0.6) is 0 Å². The van der Waals surface area contributed by atoms with E-state index >= 15 is 0 Å². The molecule has 0 aromatic carbocycles. The Hall–Kier alpha value is 1.15. The van der Waals surface area contributed by atoms with Crippen molar-refractivity contribution in [2.24, 2.45) is 0 Å². The minimum absolute atomic E-state index is 0. The van der Waals surface area contributed by atoms with Gasteiger partial charge in [-0.2, -0.15) is 0 Å². The first-order chi connectivity index (χ1) is 5.57. The Morgan fingerprint density at radius 1 is 1.08 bits per heavy atom. The maximum absolute atomic E-state index is 9.20. The molecule has 13 heavy (non-hydrogen) atoms. The summed E-state index contributed by atoms with van der Waals surface area (Å²) in [6.07, 6.45) is -4.70. The third kappa shape index (κ3) is 3.05. The molecule has 0 unspecified atom stereocenters. The molecule has 5 atom stereocenters. The monoisotopic (exact) mass is 219 g/mol. The van der Waals surface area contributed by atoms with Crippen LogP contribution in [0.1, 0.15) is 0 Å². The largest absolute Gasteiger partial charge is 0.394 e. The van der Waals surface area contributed by atoms with Crippen molar-refractivity contribution in [1.29, 1.82) is 0 Å². The van der Waals surface area contributed by atoms with Gasteiger partial charge in [0, 0.05) is 29.6 Å². The van der Waals surface area contributed by atoms with Crippen LogP contribution in [-0.4, -0.2) is 86.4 Å². The molecule has 1 rings (SSSR count). The van der Waals surface area contributed by atoms with Gasteiger partial charge in [-0.3, -0.25) is 0 Å². The molecule has 1 fully saturated rings. The SMILES string of the molecule is OC[C@H]1O[C@H](S)[C@@H](O)[C@@H](O)[C@@H]1O.[Na]. The Kier molecular flexibility index (Phi) is 6.41. The Morgan fingerprint density at radius 2 is 1.62 bits per heavy atom. The van der Waals surface area contributed by atoms with Crippen LogP contribution in [0.2, 0.25) is 0 Å². The molecule has 1 radical (unpaired) electrons. The molecule has 0 aromatic heterocycles. The summed E-state index contributed by atoms with van der Waals surface area (Å²) in [6.45, 7) is -0.415. The van der Waals surface area contributed by atoms with Crippen LogP contribution in [-0.2, 0) is 4.74 Å². The minimum Gasteiger partial charge on any atom is -0.394 e. The third-order valence-corrected chi connectivity index (χ3v) is 2.29. The molecule has 73 valence electrons. The Bertz CT molecular complexity index is 155. The number of thiol groups is 1. The van der Waals surface area contributed by atoms with Crippen molar-refractivity contribution >= 4 is 42.2 Å². The average Bonchev–Trinajstić information content (AvgIpc) is 2.08. The fourth-order valence-electron chi connectivity index (χ4n) is 1.08. The van der Waals surface area contributed by atoms with Crippen molar-refractivity contribution in [3.8, 4) is 0 Å². The van der Waals surface area contributed by atoms with Gasteiger partial charge in [-0.05, 0) is 0 Å². The molecule has 1 heterocycles. The van der Waals surface area contributed by atoms with Gasteiger partial charge in [-0.1, -0.05) is 0 Å². The van der Waals surface area contributed by atoms with E-state index in [1.807, 2.05) is 0 Å². The predicted molar refractivity (Wildman–Crippen MR) is 48.5 cm³/mol. The second-order valence-electron chi connectivity index (χ2n) is 2.72. The van der Waals surface area contributed by atoms with Gasteiger partial charge >= 0.3 is 0 Å². The number of ether oxygens (including phenoxy) is 1. The van der Waals surface area contributed by atoms with E-state index in [2.05, 4.69) is 12.6 Å². The zero-order chi connectivity index (χ0) is 9.30. The molecule has 1 saturated heterocycles. The van der Waals surface area contributed by atoms with Gasteiger partial charge in [0.25, 0.3) is 0 Å². The fourth-order valence-corrected chi connectivity index (χ4v) is 1.41. The van der Waals surface area contributed by atoms with E-state index in [9.17, 15) is 10.2 Å². The number of hydrogen-bond donors (Lipinski definition) is 5. The normalized spacial score (nSPS) is 45.5. The van der Waals surface area contributed by atoms with E-state index in [1.165, 1.54) is 0 Å². The minimum atomic E-state index is -1.32. The Morgan fingerprint density at radius 3 is 2.08 bits per heavy atom. The first kappa shape index (κ1) is 14.2. The number of aliphatic hydroxyl groups is 4. The van der Waals surface area contributed by atoms with E-state index in [0.717, 1.165) is 0 Å². The molecular formula is C6H12NaO5S. The summed E-state index contributed by atoms with van der Waals surface area (Å²) in [5.41, 5.74) is -0.874. The molecule has 7 heteroatoms. The van der Waals surface area contributed by atoms with Crippen LogP contribution in [0.25, 0.3) is 0 Å². The molecule has 1 aliphatic rings. The molecule has 0 aliphatic carbocycles. The quantitative estimate of drug-likeness (QED) is 0.245. The summed E-state index contributed by atoms with van der Waals surface area (Å²) in [4.78, 5) is 0. The summed E-state index contributed by atoms with van der Waals surface area (Å²) in [5, 5.41) is 36.2. The van der Waals surface area contributed by atoms with Gasteiger partial charge in [-0.15, -0.1) is 12.6 Å². The van der Waals surface area contributed by atoms with Crippen LogP contribution < -0.4 is 0 Å². The standard InChI is InChI=1S/C6H12O5S.Na/c7-1-2-3(8)4(9)5(10)6(12)11-2;/h2-10,12H,1H2;/t2-,3-,4+,5+,6-;/m1./s1. The first-order valence-electron chi connectivity index (χ1n) is 3.56. The summed E-state index contributed by atoms with van der Waals surface area (Å²) in [7, 11) is 0. The smallest absolute Gasteiger partial charge is 0.129 e. The van der Waals surface area contributed by atoms with Crippen molar-refractivity contribution in [2.45, 2.75) is 29.9 Å². The number of hydrogen-bond acceptors (Lipinski definition) is 6. The zero-order valence-corrected chi connectivity index (χ0v) is 10.1. The average molecular weight is 219 g/mol. The summed E-state index contributed by atoms with van der Waals surface area (Å²) >= 11 is 3.81. The van der Waals surface area contributed by atoms with Gasteiger partial charge in [0.2, 0.25) is 0 Å². The summed E-state index contributed by atoms with van der Waals surface area (Å²) in [5.74, 6) is 0. The second-order valence-corrected chi connectivity index (χ2v) is 3.23. The van der Waals surface area contributed by atoms with Gasteiger partial charge in [0.15, 0.2) is 0 Å². The zero-order valence-electron chi connectivity index (χ0n) is 7.24. The molecule has 0 amide bonds. The van der Waals surface area contributed by atoms with E-state index < -0.39 is 36.5 Å². The molecule has 1 aliphatic heterocycles. The van der Waals surface area contributed by atoms with Gasteiger partial charge < -0.3 is 25.2 Å². The van der Waals surface area contributed by atoms with Gasteiger partial charge in [0.1, 0.15) is 29.9 Å². The van der Waals surface area contributed by atoms with Crippen molar-refractivity contribution in [2.75, 3.05) is 6.61 Å². The summed E-state index contributed by atoms with van der Waals surface area (Å²) in [6, 6.07) is 0. The van der Waals surface area contributed by atoms with E-state index in [-0.39, 0.29) is 29.6 Å². The van der Waals surface area contributed by atoms with Crippen molar-refractivity contribution in [1.82, 2.24) is 0 Å². The van der Waals surface area contributed by atoms with Gasteiger partial charge in [0.05, 0.1) is 6.61 Å². The topological polar surface area (TPSA) is 90.2 Å². The van der Waals surface area contributed by atoms with Crippen molar-refractivity contribution in [3.05, 3.63) is 0 Å². The van der Waals surface area contributed by atoms with E-state index in [1.54, 1.807) is 0 Å². The van der Waals surface area contributed by atoms with Gasteiger partial charge in [-0.25, -0.2) is 0 Å². The predicted octanol–water partition coefficient (Wildman–Crippen LogP) is -2.66. The van der Waals surface area contributed by atoms with Crippen molar-refractivity contribution in [3.63, 3.8) is 0 Å². The van der Waals surface area contributed by atoms with Crippen molar-refractivity contribution < 1.29 is 25.2 Å². The van der Waals surface area contributed by atoms with Crippen LogP contribution in [0.4, 0.5) is 0 Å². The van der Waals surface area contributed by atoms with Crippen LogP contribution in [0, 0.1) is 0 Å².